The molecule has 2 aromatic rings. The average Bonchev–Trinajstić information content (AvgIpc) is 3.11. The second-order valence-electron chi connectivity index (χ2n) is 7.39. The zero-order valence-electron chi connectivity index (χ0n) is 15.5. The highest BCUT2D eigenvalue weighted by Crippen LogP contribution is 2.23. The molecule has 2 heterocycles. The molecule has 0 saturated carbocycles. The van der Waals surface area contributed by atoms with E-state index in [0.29, 0.717) is 42.9 Å². The van der Waals surface area contributed by atoms with Gasteiger partial charge in [-0.2, -0.15) is 5.10 Å². The molecule has 0 bridgehead atoms. The molecule has 0 radical (unpaired) electrons. The number of H-pyrrole nitrogens is 1. The average molecular weight is 393 g/mol. The normalized spacial score (nSPS) is 16.1. The smallest absolute Gasteiger partial charge is 0.271 e. The van der Waals surface area contributed by atoms with E-state index in [1.807, 2.05) is 13.8 Å². The largest absolute Gasteiger partial charge is 0.337 e. The van der Waals surface area contributed by atoms with E-state index in [1.54, 1.807) is 23.1 Å². The molecule has 0 atom stereocenters. The van der Waals surface area contributed by atoms with Crippen molar-refractivity contribution in [2.45, 2.75) is 31.9 Å². The van der Waals surface area contributed by atoms with E-state index in [4.69, 9.17) is 0 Å². The Labute approximate surface area is 158 Å². The van der Waals surface area contributed by atoms with E-state index in [2.05, 4.69) is 10.2 Å². The number of benzene rings is 1. The lowest BCUT2D eigenvalue weighted by atomic mass is 10.1. The number of nitrogens with zero attached hydrogens (tertiary/aromatic N) is 2. The van der Waals surface area contributed by atoms with Crippen LogP contribution in [0.1, 0.15) is 37.2 Å². The minimum absolute atomic E-state index is 0.101. The van der Waals surface area contributed by atoms with E-state index in [1.165, 1.54) is 12.1 Å². The summed E-state index contributed by atoms with van der Waals surface area (Å²) >= 11 is 0. The summed E-state index contributed by atoms with van der Waals surface area (Å²) in [5, 5.41) is 6.48. The summed E-state index contributed by atoms with van der Waals surface area (Å²) in [4.78, 5) is 14.3. The monoisotopic (exact) mass is 393 g/mol. The molecule has 0 aliphatic carbocycles. The maximum Gasteiger partial charge on any atom is 0.271 e. The maximum atomic E-state index is 13.0. The molecule has 3 rings (SSSR count). The molecule has 1 fully saturated rings. The maximum absolute atomic E-state index is 13.0. The second-order valence-corrected chi connectivity index (χ2v) is 9.71. The predicted octanol–water partition coefficient (Wildman–Crippen LogP) is 2.89. The van der Waals surface area contributed by atoms with E-state index in [0.717, 1.165) is 0 Å². The number of likely N-dealkylation sites (tertiary alicyclic amines) is 1. The summed E-state index contributed by atoms with van der Waals surface area (Å²) in [7, 11) is -3.12. The van der Waals surface area contributed by atoms with Crippen LogP contribution in [0.5, 0.6) is 0 Å². The summed E-state index contributed by atoms with van der Waals surface area (Å²) in [5.74, 6) is -0.242. The fraction of sp³-hybridized carbons (Fsp3) is 0.474. The fourth-order valence-corrected chi connectivity index (χ4v) is 5.52. The van der Waals surface area contributed by atoms with Crippen LogP contribution in [-0.4, -0.2) is 53.5 Å². The Morgan fingerprint density at radius 2 is 1.89 bits per heavy atom. The Bertz CT molecular complexity index is 899. The van der Waals surface area contributed by atoms with Crippen molar-refractivity contribution in [3.8, 4) is 11.3 Å². The molecule has 1 saturated heterocycles. The number of hydrogen-bond donors (Lipinski definition) is 1. The summed E-state index contributed by atoms with van der Waals surface area (Å²) in [6, 6.07) is 7.52. The van der Waals surface area contributed by atoms with Gasteiger partial charge in [-0.1, -0.05) is 13.8 Å². The standard InChI is InChI=1S/C19H24FN3O3S/c1-13(2)12-27(25,26)16-7-9-23(10-8-16)19(24)18-11-17(21-22-18)14-3-5-15(20)6-4-14/h3-6,11,13,16H,7-10,12H2,1-2H3,(H,21,22). The van der Waals surface area contributed by atoms with Gasteiger partial charge in [0.05, 0.1) is 16.7 Å². The van der Waals surface area contributed by atoms with Gasteiger partial charge in [0.15, 0.2) is 9.84 Å². The van der Waals surface area contributed by atoms with Crippen LogP contribution in [0.15, 0.2) is 30.3 Å². The number of rotatable bonds is 5. The van der Waals surface area contributed by atoms with Crippen LogP contribution in [0.4, 0.5) is 4.39 Å². The third kappa shape index (κ3) is 4.55. The third-order valence-electron chi connectivity index (χ3n) is 4.75. The lowest BCUT2D eigenvalue weighted by Gasteiger charge is -2.31. The number of halogens is 1. The van der Waals surface area contributed by atoms with Gasteiger partial charge in [-0.25, -0.2) is 12.8 Å². The van der Waals surface area contributed by atoms with Crippen LogP contribution in [-0.2, 0) is 9.84 Å². The number of aromatic amines is 1. The van der Waals surface area contributed by atoms with Gasteiger partial charge in [-0.3, -0.25) is 9.89 Å². The number of aromatic nitrogens is 2. The number of amides is 1. The molecule has 1 aromatic carbocycles. The van der Waals surface area contributed by atoms with E-state index in [-0.39, 0.29) is 28.6 Å². The van der Waals surface area contributed by atoms with Crippen molar-refractivity contribution in [3.63, 3.8) is 0 Å². The minimum atomic E-state index is -3.12. The van der Waals surface area contributed by atoms with E-state index >= 15 is 0 Å². The first kappa shape index (κ1) is 19.5. The van der Waals surface area contributed by atoms with Crippen LogP contribution in [0, 0.1) is 11.7 Å². The van der Waals surface area contributed by atoms with Crippen LogP contribution >= 0.6 is 0 Å². The van der Waals surface area contributed by atoms with Gasteiger partial charge in [0.2, 0.25) is 0 Å². The molecule has 0 spiro atoms. The summed E-state index contributed by atoms with van der Waals surface area (Å²) < 4.78 is 37.8. The number of hydrogen-bond acceptors (Lipinski definition) is 4. The van der Waals surface area contributed by atoms with Crippen molar-refractivity contribution < 1.29 is 17.6 Å². The number of nitrogens with one attached hydrogen (secondary N) is 1. The summed E-state index contributed by atoms with van der Waals surface area (Å²) in [6.45, 7) is 4.61. The quantitative estimate of drug-likeness (QED) is 0.847. The van der Waals surface area contributed by atoms with E-state index < -0.39 is 9.84 Å². The zero-order valence-corrected chi connectivity index (χ0v) is 16.3. The van der Waals surface area contributed by atoms with Gasteiger partial charge >= 0.3 is 0 Å². The highest BCUT2D eigenvalue weighted by atomic mass is 32.2. The first-order valence-electron chi connectivity index (χ1n) is 9.08. The fourth-order valence-electron chi connectivity index (χ4n) is 3.39. The molecule has 1 N–H and O–H groups in total. The van der Waals surface area contributed by atoms with Crippen molar-refractivity contribution in [1.29, 1.82) is 0 Å². The first-order chi connectivity index (χ1) is 12.8. The molecule has 1 aliphatic heterocycles. The van der Waals surface area contributed by atoms with Gasteiger partial charge in [-0.15, -0.1) is 0 Å². The van der Waals surface area contributed by atoms with Crippen molar-refractivity contribution >= 4 is 15.7 Å². The molecule has 8 heteroatoms. The van der Waals surface area contributed by atoms with Crippen LogP contribution in [0.3, 0.4) is 0 Å². The van der Waals surface area contributed by atoms with Gasteiger partial charge in [0.25, 0.3) is 5.91 Å². The Morgan fingerprint density at radius 3 is 2.48 bits per heavy atom. The molecule has 1 aromatic heterocycles. The Morgan fingerprint density at radius 1 is 1.26 bits per heavy atom. The molecule has 6 nitrogen and oxygen atoms in total. The van der Waals surface area contributed by atoms with Gasteiger partial charge < -0.3 is 4.90 Å². The van der Waals surface area contributed by atoms with Gasteiger partial charge in [0.1, 0.15) is 11.5 Å². The Kier molecular flexibility index (Phi) is 5.64. The molecule has 27 heavy (non-hydrogen) atoms. The molecule has 1 amide bonds. The Hall–Kier alpha value is -2.22. The lowest BCUT2D eigenvalue weighted by molar-refractivity contribution is 0.0719. The second kappa shape index (κ2) is 7.80. The van der Waals surface area contributed by atoms with Gasteiger partial charge in [0, 0.05) is 18.7 Å². The summed E-state index contributed by atoms with van der Waals surface area (Å²) in [5.41, 5.74) is 1.62. The van der Waals surface area contributed by atoms with Crippen molar-refractivity contribution in [2.75, 3.05) is 18.8 Å². The van der Waals surface area contributed by atoms with Crippen molar-refractivity contribution in [3.05, 3.63) is 41.8 Å². The molecular weight excluding hydrogens is 369 g/mol. The zero-order chi connectivity index (χ0) is 19.6. The SMILES string of the molecule is CC(C)CS(=O)(=O)C1CCN(C(=O)c2cc(-c3ccc(F)cc3)n[nH]2)CC1. The van der Waals surface area contributed by atoms with Gasteiger partial charge in [-0.05, 0) is 49.1 Å². The number of piperidine rings is 1. The van der Waals surface area contributed by atoms with Crippen LogP contribution in [0.2, 0.25) is 0 Å². The minimum Gasteiger partial charge on any atom is -0.337 e. The highest BCUT2D eigenvalue weighted by Gasteiger charge is 2.32. The molecule has 0 unspecified atom stereocenters. The number of carbonyl (C=O) groups is 1. The predicted molar refractivity (Wildman–Crippen MR) is 102 cm³/mol. The highest BCUT2D eigenvalue weighted by molar-refractivity contribution is 7.92. The molecular formula is C19H24FN3O3S. The van der Waals surface area contributed by atoms with Crippen molar-refractivity contribution in [1.82, 2.24) is 15.1 Å². The van der Waals surface area contributed by atoms with Crippen molar-refractivity contribution in [2.24, 2.45) is 5.92 Å². The van der Waals surface area contributed by atoms with E-state index in [9.17, 15) is 17.6 Å². The topological polar surface area (TPSA) is 83.1 Å². The summed E-state index contributed by atoms with van der Waals surface area (Å²) in [6.07, 6.45) is 0.916. The lowest BCUT2D eigenvalue weighted by Crippen LogP contribution is -2.43. The number of carbonyl (C=O) groups excluding carboxylic acids is 1. The first-order valence-corrected chi connectivity index (χ1v) is 10.8. The molecule has 146 valence electrons. The van der Waals surface area contributed by atoms with Crippen LogP contribution in [0.25, 0.3) is 11.3 Å². The molecule has 1 aliphatic rings. The van der Waals surface area contributed by atoms with Crippen LogP contribution < -0.4 is 0 Å². The third-order valence-corrected chi connectivity index (χ3v) is 7.37. The Balaban J connectivity index is 1.64. The number of sulfone groups is 1.